The zero-order valence-electron chi connectivity index (χ0n) is 11.3. The van der Waals surface area contributed by atoms with Gasteiger partial charge in [-0.15, -0.1) is 0 Å². The molecule has 0 aliphatic carbocycles. The molecule has 1 unspecified atom stereocenters. The summed E-state index contributed by atoms with van der Waals surface area (Å²) < 4.78 is 0. The quantitative estimate of drug-likeness (QED) is 0.746. The second-order valence-electron chi connectivity index (χ2n) is 5.75. The van der Waals surface area contributed by atoms with Crippen LogP contribution in [0.3, 0.4) is 0 Å². The third-order valence-electron chi connectivity index (χ3n) is 4.43. The van der Waals surface area contributed by atoms with Gasteiger partial charge < -0.3 is 9.80 Å². The van der Waals surface area contributed by atoms with Crippen LogP contribution in [0.4, 0.5) is 0 Å². The first-order chi connectivity index (χ1) is 8.19. The van der Waals surface area contributed by atoms with Crippen molar-refractivity contribution in [3.05, 3.63) is 0 Å². The van der Waals surface area contributed by atoms with Crippen molar-refractivity contribution in [2.45, 2.75) is 33.1 Å². The topological polar surface area (TPSA) is 23.6 Å². The third kappa shape index (κ3) is 3.52. The minimum atomic E-state index is 0.263. The number of ketones is 1. The molecule has 17 heavy (non-hydrogen) atoms. The first-order valence-electron chi connectivity index (χ1n) is 7.16. The van der Waals surface area contributed by atoms with Crippen LogP contribution < -0.4 is 0 Å². The molecule has 2 rings (SSSR count). The molecule has 98 valence electrons. The molecule has 0 bridgehead atoms. The highest BCUT2D eigenvalue weighted by Gasteiger charge is 2.26. The van der Waals surface area contributed by atoms with Gasteiger partial charge in [-0.2, -0.15) is 0 Å². The molecule has 1 atom stereocenters. The van der Waals surface area contributed by atoms with Crippen LogP contribution in [-0.4, -0.2) is 54.9 Å². The molecule has 2 aliphatic rings. The maximum atomic E-state index is 11.5. The van der Waals surface area contributed by atoms with Gasteiger partial charge in [0.2, 0.25) is 0 Å². The van der Waals surface area contributed by atoms with Crippen molar-refractivity contribution in [1.82, 2.24) is 9.80 Å². The van der Waals surface area contributed by atoms with Gasteiger partial charge in [0.05, 0.1) is 0 Å². The maximum absolute atomic E-state index is 11.5. The summed E-state index contributed by atoms with van der Waals surface area (Å²) in [5, 5.41) is 0. The van der Waals surface area contributed by atoms with E-state index in [4.69, 9.17) is 0 Å². The summed E-state index contributed by atoms with van der Waals surface area (Å²) in [5.41, 5.74) is 0. The molecule has 2 aliphatic heterocycles. The van der Waals surface area contributed by atoms with Gasteiger partial charge in [0, 0.05) is 32.0 Å². The SMILES string of the molecule is CCN1CCC(CN2CCC(=O)C(C)C2)CC1. The molecular formula is C14H26N2O. The van der Waals surface area contributed by atoms with E-state index in [9.17, 15) is 4.79 Å². The highest BCUT2D eigenvalue weighted by Crippen LogP contribution is 2.20. The molecule has 0 amide bonds. The second-order valence-corrected chi connectivity index (χ2v) is 5.75. The van der Waals surface area contributed by atoms with Crippen molar-refractivity contribution < 1.29 is 4.79 Å². The summed E-state index contributed by atoms with van der Waals surface area (Å²) in [6.07, 6.45) is 3.45. The van der Waals surface area contributed by atoms with E-state index in [1.807, 2.05) is 0 Å². The Kier molecular flexibility index (Phi) is 4.57. The van der Waals surface area contributed by atoms with Crippen LogP contribution in [0.1, 0.15) is 33.1 Å². The largest absolute Gasteiger partial charge is 0.304 e. The molecule has 0 radical (unpaired) electrons. The average molecular weight is 238 g/mol. The zero-order chi connectivity index (χ0) is 12.3. The average Bonchev–Trinajstić information content (AvgIpc) is 2.35. The predicted octanol–water partition coefficient (Wildman–Crippen LogP) is 1.63. The van der Waals surface area contributed by atoms with Crippen LogP contribution in [-0.2, 0) is 4.79 Å². The molecule has 0 saturated carbocycles. The van der Waals surface area contributed by atoms with E-state index in [1.54, 1.807) is 0 Å². The van der Waals surface area contributed by atoms with Gasteiger partial charge >= 0.3 is 0 Å². The molecule has 2 saturated heterocycles. The van der Waals surface area contributed by atoms with Crippen molar-refractivity contribution in [3.8, 4) is 0 Å². The number of nitrogens with zero attached hydrogens (tertiary/aromatic N) is 2. The lowest BCUT2D eigenvalue weighted by atomic mass is 9.93. The Balaban J connectivity index is 1.73. The molecule has 0 aromatic carbocycles. The highest BCUT2D eigenvalue weighted by atomic mass is 16.1. The normalized spacial score (nSPS) is 29.8. The Morgan fingerprint density at radius 3 is 2.47 bits per heavy atom. The first kappa shape index (κ1) is 13.0. The van der Waals surface area contributed by atoms with Gasteiger partial charge in [-0.05, 0) is 38.4 Å². The van der Waals surface area contributed by atoms with E-state index in [1.165, 1.54) is 39.0 Å². The number of piperidine rings is 2. The fraction of sp³-hybridized carbons (Fsp3) is 0.929. The Labute approximate surface area is 105 Å². The number of hydrogen-bond donors (Lipinski definition) is 0. The molecular weight excluding hydrogens is 212 g/mol. The van der Waals surface area contributed by atoms with Crippen molar-refractivity contribution >= 4 is 5.78 Å². The minimum Gasteiger partial charge on any atom is -0.304 e. The lowest BCUT2D eigenvalue weighted by molar-refractivity contribution is -0.125. The highest BCUT2D eigenvalue weighted by molar-refractivity contribution is 5.81. The second kappa shape index (κ2) is 5.96. The van der Waals surface area contributed by atoms with E-state index in [-0.39, 0.29) is 5.92 Å². The van der Waals surface area contributed by atoms with Crippen molar-refractivity contribution in [3.63, 3.8) is 0 Å². The third-order valence-corrected chi connectivity index (χ3v) is 4.43. The van der Waals surface area contributed by atoms with Crippen LogP contribution in [0.5, 0.6) is 0 Å². The zero-order valence-corrected chi connectivity index (χ0v) is 11.3. The molecule has 0 aromatic heterocycles. The lowest BCUT2D eigenvalue weighted by Gasteiger charge is -2.36. The molecule has 3 nitrogen and oxygen atoms in total. The van der Waals surface area contributed by atoms with Gasteiger partial charge in [0.15, 0.2) is 0 Å². The smallest absolute Gasteiger partial charge is 0.138 e. The summed E-state index contributed by atoms with van der Waals surface area (Å²) >= 11 is 0. The Hall–Kier alpha value is -0.410. The lowest BCUT2D eigenvalue weighted by Crippen LogP contribution is -2.44. The molecule has 3 heteroatoms. The number of carbonyl (C=O) groups excluding carboxylic acids is 1. The van der Waals surface area contributed by atoms with Gasteiger partial charge in [-0.1, -0.05) is 13.8 Å². The number of carbonyl (C=O) groups is 1. The van der Waals surface area contributed by atoms with Gasteiger partial charge in [0.1, 0.15) is 5.78 Å². The number of rotatable bonds is 3. The van der Waals surface area contributed by atoms with E-state index in [0.717, 1.165) is 25.4 Å². The van der Waals surface area contributed by atoms with E-state index in [0.29, 0.717) is 5.78 Å². The number of likely N-dealkylation sites (tertiary alicyclic amines) is 2. The Morgan fingerprint density at radius 1 is 1.18 bits per heavy atom. The molecule has 0 aromatic rings. The van der Waals surface area contributed by atoms with Crippen molar-refractivity contribution in [2.75, 3.05) is 39.3 Å². The molecule has 2 fully saturated rings. The van der Waals surface area contributed by atoms with Crippen molar-refractivity contribution in [2.24, 2.45) is 11.8 Å². The summed E-state index contributed by atoms with van der Waals surface area (Å²) in [4.78, 5) is 16.5. The summed E-state index contributed by atoms with van der Waals surface area (Å²) in [5.74, 6) is 1.58. The molecule has 0 N–H and O–H groups in total. The summed E-state index contributed by atoms with van der Waals surface area (Å²) in [6.45, 7) is 11.3. The van der Waals surface area contributed by atoms with E-state index >= 15 is 0 Å². The van der Waals surface area contributed by atoms with Crippen LogP contribution in [0.25, 0.3) is 0 Å². The van der Waals surface area contributed by atoms with E-state index < -0.39 is 0 Å². The minimum absolute atomic E-state index is 0.263. The molecule has 0 spiro atoms. The summed E-state index contributed by atoms with van der Waals surface area (Å²) in [7, 11) is 0. The molecule has 2 heterocycles. The monoisotopic (exact) mass is 238 g/mol. The van der Waals surface area contributed by atoms with Crippen LogP contribution >= 0.6 is 0 Å². The van der Waals surface area contributed by atoms with Crippen LogP contribution in [0.2, 0.25) is 0 Å². The Morgan fingerprint density at radius 2 is 1.88 bits per heavy atom. The van der Waals surface area contributed by atoms with Gasteiger partial charge in [-0.3, -0.25) is 4.79 Å². The van der Waals surface area contributed by atoms with Gasteiger partial charge in [0.25, 0.3) is 0 Å². The van der Waals surface area contributed by atoms with E-state index in [2.05, 4.69) is 23.6 Å². The predicted molar refractivity (Wildman–Crippen MR) is 70.1 cm³/mol. The van der Waals surface area contributed by atoms with Crippen LogP contribution in [0.15, 0.2) is 0 Å². The standard InChI is InChI=1S/C14H26N2O/c1-3-15-7-4-13(5-8-15)11-16-9-6-14(17)12(2)10-16/h12-13H,3-11H2,1-2H3. The first-order valence-corrected chi connectivity index (χ1v) is 7.16. The fourth-order valence-electron chi connectivity index (χ4n) is 3.11. The number of Topliss-reactive ketones (excluding diaryl/α,β-unsaturated/α-hetero) is 1. The number of hydrogen-bond acceptors (Lipinski definition) is 3. The van der Waals surface area contributed by atoms with Crippen LogP contribution in [0, 0.1) is 11.8 Å². The van der Waals surface area contributed by atoms with Crippen molar-refractivity contribution in [1.29, 1.82) is 0 Å². The summed E-state index contributed by atoms with van der Waals surface area (Å²) in [6, 6.07) is 0. The van der Waals surface area contributed by atoms with Gasteiger partial charge in [-0.25, -0.2) is 0 Å². The Bertz CT molecular complexity index is 259. The maximum Gasteiger partial charge on any atom is 0.138 e. The fourth-order valence-corrected chi connectivity index (χ4v) is 3.11.